The summed E-state index contributed by atoms with van der Waals surface area (Å²) >= 11 is 7.55. The molecule has 0 spiro atoms. The van der Waals surface area contributed by atoms with Crippen LogP contribution in [0.5, 0.6) is 0 Å². The fourth-order valence-electron chi connectivity index (χ4n) is 1.61. The van der Waals surface area contributed by atoms with Crippen molar-refractivity contribution in [2.24, 2.45) is 5.41 Å². The zero-order chi connectivity index (χ0) is 20.0. The molecule has 0 atom stereocenters. The Bertz CT molecular complexity index is 532. The van der Waals surface area contributed by atoms with E-state index in [9.17, 15) is 9.59 Å². The van der Waals surface area contributed by atoms with E-state index in [2.05, 4.69) is 75.8 Å². The molecule has 2 rings (SSSR count). The smallest absolute Gasteiger partial charge is 0 e. The number of hydrogen-bond donors (Lipinski definition) is 0. The first-order valence-electron chi connectivity index (χ1n) is 6.86. The predicted octanol–water partition coefficient (Wildman–Crippen LogP) is 3.73. The Morgan fingerprint density at radius 2 is 1.27 bits per heavy atom. The van der Waals surface area contributed by atoms with Gasteiger partial charge in [-0.1, -0.05) is 20.8 Å². The Balaban J connectivity index is -0.000000338. The maximum Gasteiger partial charge on any atom is 0 e. The predicted molar refractivity (Wildman–Crippen MR) is 94.5 cm³/mol. The fourth-order valence-corrected chi connectivity index (χ4v) is 2.02. The molecule has 0 aromatic heterocycles. The minimum Gasteiger partial charge on any atom is 0 e. The summed E-state index contributed by atoms with van der Waals surface area (Å²) in [7, 11) is 0. The van der Waals surface area contributed by atoms with Crippen molar-refractivity contribution < 1.29 is 36.0 Å². The monoisotopic (exact) mass is 480 g/mol. The molecule has 138 valence electrons. The van der Waals surface area contributed by atoms with Crippen LogP contribution in [0.3, 0.4) is 0 Å². The van der Waals surface area contributed by atoms with Gasteiger partial charge in [0.2, 0.25) is 0 Å². The quantitative estimate of drug-likeness (QED) is 0.281. The molecule has 4 nitrogen and oxygen atoms in total. The van der Waals surface area contributed by atoms with Gasteiger partial charge in [0.05, 0.1) is 0 Å². The number of halogens is 1. The van der Waals surface area contributed by atoms with E-state index in [4.69, 9.17) is 20.9 Å². The van der Waals surface area contributed by atoms with Crippen LogP contribution in [0, 0.1) is 50.3 Å². The molecule has 0 bridgehead atoms. The largest absolute Gasteiger partial charge is 0 e. The molecular weight excluding hydrogens is 462 g/mol. The van der Waals surface area contributed by atoms with Gasteiger partial charge in [0.15, 0.2) is 0 Å². The molecule has 1 aromatic rings. The van der Waals surface area contributed by atoms with Gasteiger partial charge in [-0.2, -0.15) is 0 Å². The van der Waals surface area contributed by atoms with E-state index in [1.54, 1.807) is 12.1 Å². The van der Waals surface area contributed by atoms with Gasteiger partial charge >= 0.3 is 105 Å². The van der Waals surface area contributed by atoms with Crippen molar-refractivity contribution >= 4 is 37.5 Å². The molecular formula is C19H17ClFeO4Se. The van der Waals surface area contributed by atoms with E-state index in [1.807, 2.05) is 0 Å². The zero-order valence-electron chi connectivity index (χ0n) is 14.4. The molecule has 0 unspecified atom stereocenters. The topological polar surface area (TPSA) is 73.9 Å². The summed E-state index contributed by atoms with van der Waals surface area (Å²) in [6.45, 7) is 15.7. The van der Waals surface area contributed by atoms with Gasteiger partial charge in [-0.3, -0.25) is 0 Å². The summed E-state index contributed by atoms with van der Waals surface area (Å²) in [5.41, 5.74) is 1.24. The number of hydrogen-bond acceptors (Lipinski definition) is 2. The molecule has 6 radical (unpaired) electrons. The third kappa shape index (κ3) is 12.7. The van der Waals surface area contributed by atoms with Gasteiger partial charge in [0.25, 0.3) is 0 Å². The molecule has 0 saturated heterocycles. The minimum atomic E-state index is -0.519. The number of carbonyl (C=O) groups excluding carboxylic acids is 2. The van der Waals surface area contributed by atoms with E-state index in [0.29, 0.717) is 16.5 Å². The molecule has 1 fully saturated rings. The van der Waals surface area contributed by atoms with Crippen LogP contribution in [0.25, 0.3) is 0 Å². The molecule has 1 aromatic carbocycles. The Morgan fingerprint density at radius 1 is 0.923 bits per heavy atom. The average Bonchev–Trinajstić information content (AvgIpc) is 3.14. The molecule has 1 aliphatic carbocycles. The van der Waals surface area contributed by atoms with Crippen molar-refractivity contribution in [2.75, 3.05) is 0 Å². The Morgan fingerprint density at radius 3 is 1.50 bits per heavy atom. The summed E-state index contributed by atoms with van der Waals surface area (Å²) in [5.74, 6) is 1.42. The molecule has 26 heavy (non-hydrogen) atoms. The molecule has 1 aliphatic rings. The number of rotatable bonds is 2. The summed E-state index contributed by atoms with van der Waals surface area (Å²) in [5, 5.41) is -0.519. The van der Waals surface area contributed by atoms with Crippen LogP contribution in [0.2, 0.25) is 0 Å². The fraction of sp³-hybridized carbons (Fsp3) is 0.211. The van der Waals surface area contributed by atoms with E-state index in [1.165, 1.54) is 18.1 Å². The molecule has 0 heterocycles. The summed E-state index contributed by atoms with van der Waals surface area (Å²) in [6, 6.07) is 6.13. The number of carbonyl (C=O) groups is 2. The van der Waals surface area contributed by atoms with Gasteiger partial charge < -0.3 is 0 Å². The second-order valence-corrected chi connectivity index (χ2v) is 6.68. The Hall–Kier alpha value is -0.631. The van der Waals surface area contributed by atoms with Crippen molar-refractivity contribution in [3.05, 3.63) is 80.3 Å². The third-order valence-electron chi connectivity index (χ3n) is 2.88. The molecule has 1 saturated carbocycles. The zero-order valence-corrected chi connectivity index (χ0v) is 18.0. The van der Waals surface area contributed by atoms with Crippen molar-refractivity contribution in [2.45, 2.75) is 20.8 Å². The van der Waals surface area contributed by atoms with Crippen LogP contribution in [0.4, 0.5) is 0 Å². The van der Waals surface area contributed by atoms with Gasteiger partial charge in [0, 0.05) is 17.1 Å². The Kier molecular flexibility index (Phi) is 19.1. The van der Waals surface area contributed by atoms with E-state index in [-0.39, 0.29) is 21.8 Å². The molecule has 0 N–H and O–H groups in total. The van der Waals surface area contributed by atoms with Crippen molar-refractivity contribution in [1.29, 1.82) is 0 Å². The van der Waals surface area contributed by atoms with Gasteiger partial charge in [0.1, 0.15) is 0 Å². The Labute approximate surface area is 179 Å². The van der Waals surface area contributed by atoms with E-state index in [0.717, 1.165) is 0 Å². The van der Waals surface area contributed by atoms with E-state index < -0.39 is 5.24 Å². The SMILES string of the molecule is CC(C)(C)[C]1[CH][CH][CH][CH]1.O=C(Cl)c1ccc(C(=O)[Se])cc1.[C-]#[O+].[C-]#[O+].[Fe]. The average molecular weight is 480 g/mol. The maximum atomic E-state index is 10.8. The van der Waals surface area contributed by atoms with Gasteiger partial charge in [-0.25, -0.2) is 0 Å². The van der Waals surface area contributed by atoms with E-state index >= 15 is 0 Å². The third-order valence-corrected chi connectivity index (χ3v) is 3.59. The van der Waals surface area contributed by atoms with Crippen LogP contribution in [-0.4, -0.2) is 25.9 Å². The molecule has 7 heteroatoms. The number of benzene rings is 1. The second kappa shape index (κ2) is 16.5. The van der Waals surface area contributed by atoms with Crippen LogP contribution >= 0.6 is 11.6 Å². The first kappa shape index (κ1) is 30.1. The van der Waals surface area contributed by atoms with Crippen LogP contribution in [0.15, 0.2) is 24.3 Å². The molecule has 0 amide bonds. The minimum absolute atomic E-state index is 0. The van der Waals surface area contributed by atoms with Crippen LogP contribution < -0.4 is 0 Å². The normalized spacial score (nSPS) is 12.5. The van der Waals surface area contributed by atoms with Crippen molar-refractivity contribution in [3.63, 3.8) is 0 Å². The summed E-state index contributed by atoms with van der Waals surface area (Å²) < 4.78 is 14.9. The van der Waals surface area contributed by atoms with Gasteiger partial charge in [-0.05, 0) is 37.0 Å². The second-order valence-electron chi connectivity index (χ2n) is 5.56. The maximum absolute atomic E-state index is 10.8. The first-order chi connectivity index (χ1) is 11.7. The summed E-state index contributed by atoms with van der Waals surface area (Å²) in [6.07, 6.45) is 8.50. The summed E-state index contributed by atoms with van der Waals surface area (Å²) in [4.78, 5) is 21.4. The van der Waals surface area contributed by atoms with Crippen molar-refractivity contribution in [1.82, 2.24) is 0 Å². The van der Waals surface area contributed by atoms with Gasteiger partial charge in [-0.15, -0.1) is 0 Å². The first-order valence-corrected chi connectivity index (χ1v) is 8.09. The van der Waals surface area contributed by atoms with Crippen molar-refractivity contribution in [3.8, 4) is 0 Å². The molecule has 0 aliphatic heterocycles. The van der Waals surface area contributed by atoms with Crippen LogP contribution in [-0.2, 0) is 26.4 Å². The standard InChI is InChI=1S/C9H13.C8H4ClO2Se.2CO.Fe/c1-9(2,3)8-6-4-5-7-8;9-7(10)5-1-3-6(4-2-5)8(11)12;2*1-2;/h4-7H,1-3H3;1-4H;;;. The van der Waals surface area contributed by atoms with Crippen LogP contribution in [0.1, 0.15) is 41.5 Å².